The summed E-state index contributed by atoms with van der Waals surface area (Å²) >= 11 is 0. The average Bonchev–Trinajstić information content (AvgIpc) is 2.59. The fraction of sp³-hybridized carbons (Fsp3) is 0.111. The quantitative estimate of drug-likeness (QED) is 0.777. The van der Waals surface area contributed by atoms with Crippen molar-refractivity contribution < 1.29 is 9.90 Å². The Balaban J connectivity index is 1.82. The van der Waals surface area contributed by atoms with Crippen LogP contribution >= 0.6 is 0 Å². The lowest BCUT2D eigenvalue weighted by molar-refractivity contribution is 0.0952. The van der Waals surface area contributed by atoms with Crippen molar-refractivity contribution in [3.8, 4) is 0 Å². The maximum absolute atomic E-state index is 12.4. The molecule has 0 radical (unpaired) electrons. The smallest absolute Gasteiger partial charge is 0.252 e. The highest BCUT2D eigenvalue weighted by atomic mass is 16.3. The van der Waals surface area contributed by atoms with Gasteiger partial charge in [-0.05, 0) is 29.3 Å². The molecule has 4 nitrogen and oxygen atoms in total. The number of nitrogens with zero attached hydrogens (tertiary/aromatic N) is 1. The second-order valence-electron chi connectivity index (χ2n) is 4.99. The van der Waals surface area contributed by atoms with Crippen molar-refractivity contribution in [2.24, 2.45) is 0 Å². The SMILES string of the molecule is O=C(NCc1ccccc1CO)c1cccc2ncccc12. The number of hydrogen-bond donors (Lipinski definition) is 2. The predicted molar refractivity (Wildman–Crippen MR) is 85.3 cm³/mol. The maximum Gasteiger partial charge on any atom is 0.252 e. The first-order valence-corrected chi connectivity index (χ1v) is 7.09. The average molecular weight is 292 g/mol. The summed E-state index contributed by atoms with van der Waals surface area (Å²) in [5.74, 6) is -0.147. The topological polar surface area (TPSA) is 62.2 Å². The van der Waals surface area contributed by atoms with E-state index in [0.717, 1.165) is 22.0 Å². The number of aliphatic hydroxyl groups excluding tert-OH is 1. The normalized spacial score (nSPS) is 10.6. The van der Waals surface area contributed by atoms with Crippen LogP contribution in [0.25, 0.3) is 10.9 Å². The van der Waals surface area contributed by atoms with Crippen molar-refractivity contribution in [3.63, 3.8) is 0 Å². The zero-order valence-corrected chi connectivity index (χ0v) is 12.0. The highest BCUT2D eigenvalue weighted by Crippen LogP contribution is 2.16. The molecule has 22 heavy (non-hydrogen) atoms. The summed E-state index contributed by atoms with van der Waals surface area (Å²) in [6.07, 6.45) is 1.71. The third-order valence-electron chi connectivity index (χ3n) is 3.62. The standard InChI is InChI=1S/C18H16N2O2/c21-12-14-6-2-1-5-13(14)11-20-18(22)16-7-3-9-17-15(16)8-4-10-19-17/h1-10,21H,11-12H2,(H,20,22). The molecule has 4 heteroatoms. The number of carbonyl (C=O) groups excluding carboxylic acids is 1. The molecule has 0 unspecified atom stereocenters. The fourth-order valence-corrected chi connectivity index (χ4v) is 2.46. The van der Waals surface area contributed by atoms with Crippen LogP contribution in [0.15, 0.2) is 60.8 Å². The number of nitrogens with one attached hydrogen (secondary N) is 1. The minimum absolute atomic E-state index is 0.0375. The van der Waals surface area contributed by atoms with Crippen molar-refractivity contribution in [3.05, 3.63) is 77.5 Å². The summed E-state index contributed by atoms with van der Waals surface area (Å²) < 4.78 is 0. The van der Waals surface area contributed by atoms with Crippen LogP contribution in [0.5, 0.6) is 0 Å². The fourth-order valence-electron chi connectivity index (χ4n) is 2.46. The van der Waals surface area contributed by atoms with Crippen LogP contribution in [0.1, 0.15) is 21.5 Å². The van der Waals surface area contributed by atoms with Gasteiger partial charge in [-0.2, -0.15) is 0 Å². The van der Waals surface area contributed by atoms with E-state index < -0.39 is 0 Å². The summed E-state index contributed by atoms with van der Waals surface area (Å²) in [6, 6.07) is 16.7. The maximum atomic E-state index is 12.4. The molecule has 0 saturated carbocycles. The molecular formula is C18H16N2O2. The second kappa shape index (κ2) is 6.37. The lowest BCUT2D eigenvalue weighted by atomic mass is 10.1. The van der Waals surface area contributed by atoms with Gasteiger partial charge in [-0.1, -0.05) is 36.4 Å². The van der Waals surface area contributed by atoms with E-state index in [0.29, 0.717) is 12.1 Å². The second-order valence-corrected chi connectivity index (χ2v) is 4.99. The molecule has 0 aliphatic carbocycles. The van der Waals surface area contributed by atoms with Gasteiger partial charge >= 0.3 is 0 Å². The van der Waals surface area contributed by atoms with Gasteiger partial charge in [0.1, 0.15) is 0 Å². The Morgan fingerprint density at radius 3 is 2.64 bits per heavy atom. The van der Waals surface area contributed by atoms with E-state index in [4.69, 9.17) is 0 Å². The van der Waals surface area contributed by atoms with E-state index in [1.54, 1.807) is 12.3 Å². The van der Waals surface area contributed by atoms with E-state index in [9.17, 15) is 9.90 Å². The van der Waals surface area contributed by atoms with Crippen LogP contribution in [-0.4, -0.2) is 16.0 Å². The van der Waals surface area contributed by atoms with Crippen LogP contribution in [-0.2, 0) is 13.2 Å². The van der Waals surface area contributed by atoms with Gasteiger partial charge in [0.2, 0.25) is 0 Å². The van der Waals surface area contributed by atoms with E-state index in [-0.39, 0.29) is 12.5 Å². The Morgan fingerprint density at radius 2 is 1.82 bits per heavy atom. The van der Waals surface area contributed by atoms with E-state index in [1.165, 1.54) is 0 Å². The zero-order valence-electron chi connectivity index (χ0n) is 12.0. The molecule has 2 N–H and O–H groups in total. The molecule has 1 aromatic heterocycles. The number of benzene rings is 2. The first-order chi connectivity index (χ1) is 10.8. The Kier molecular flexibility index (Phi) is 4.12. The molecule has 1 amide bonds. The van der Waals surface area contributed by atoms with Crippen molar-refractivity contribution in [1.29, 1.82) is 0 Å². The van der Waals surface area contributed by atoms with Crippen LogP contribution in [0, 0.1) is 0 Å². The van der Waals surface area contributed by atoms with Crippen molar-refractivity contribution in [2.75, 3.05) is 0 Å². The highest BCUT2D eigenvalue weighted by molar-refractivity contribution is 6.06. The Labute approximate surface area is 128 Å². The lowest BCUT2D eigenvalue weighted by Gasteiger charge is -2.10. The number of aromatic nitrogens is 1. The van der Waals surface area contributed by atoms with Gasteiger partial charge in [-0.3, -0.25) is 9.78 Å². The van der Waals surface area contributed by atoms with Gasteiger partial charge in [-0.15, -0.1) is 0 Å². The number of amides is 1. The van der Waals surface area contributed by atoms with Crippen molar-refractivity contribution in [2.45, 2.75) is 13.2 Å². The molecule has 3 rings (SSSR count). The molecule has 1 heterocycles. The molecule has 110 valence electrons. The summed E-state index contributed by atoms with van der Waals surface area (Å²) in [5, 5.41) is 13.1. The molecule has 0 bridgehead atoms. The first-order valence-electron chi connectivity index (χ1n) is 7.09. The summed E-state index contributed by atoms with van der Waals surface area (Å²) in [4.78, 5) is 16.7. The molecule has 0 aliphatic heterocycles. The Morgan fingerprint density at radius 1 is 1.00 bits per heavy atom. The summed E-state index contributed by atoms with van der Waals surface area (Å²) in [6.45, 7) is 0.344. The van der Waals surface area contributed by atoms with Crippen molar-refractivity contribution in [1.82, 2.24) is 10.3 Å². The van der Waals surface area contributed by atoms with Crippen molar-refractivity contribution >= 4 is 16.8 Å². The molecule has 0 atom stereocenters. The Bertz CT molecular complexity index is 810. The minimum Gasteiger partial charge on any atom is -0.392 e. The van der Waals surface area contributed by atoms with Crippen LogP contribution in [0.4, 0.5) is 0 Å². The molecule has 0 fully saturated rings. The van der Waals surface area contributed by atoms with Crippen LogP contribution in [0.2, 0.25) is 0 Å². The van der Waals surface area contributed by atoms with E-state index in [1.807, 2.05) is 48.5 Å². The van der Waals surface area contributed by atoms with Crippen LogP contribution in [0.3, 0.4) is 0 Å². The van der Waals surface area contributed by atoms with Gasteiger partial charge < -0.3 is 10.4 Å². The molecule has 0 spiro atoms. The number of hydrogen-bond acceptors (Lipinski definition) is 3. The molecular weight excluding hydrogens is 276 g/mol. The molecule has 0 aliphatic rings. The molecule has 2 aromatic carbocycles. The van der Waals surface area contributed by atoms with E-state index in [2.05, 4.69) is 10.3 Å². The predicted octanol–water partition coefficient (Wildman–Crippen LogP) is 2.66. The third kappa shape index (κ3) is 2.82. The van der Waals surface area contributed by atoms with Gasteiger partial charge in [0, 0.05) is 23.7 Å². The van der Waals surface area contributed by atoms with Gasteiger partial charge in [0.25, 0.3) is 5.91 Å². The number of rotatable bonds is 4. The van der Waals surface area contributed by atoms with Gasteiger partial charge in [0.15, 0.2) is 0 Å². The third-order valence-corrected chi connectivity index (χ3v) is 3.62. The van der Waals surface area contributed by atoms with E-state index >= 15 is 0 Å². The summed E-state index contributed by atoms with van der Waals surface area (Å²) in [7, 11) is 0. The largest absolute Gasteiger partial charge is 0.392 e. The number of aliphatic hydroxyl groups is 1. The monoisotopic (exact) mass is 292 g/mol. The molecule has 0 saturated heterocycles. The number of fused-ring (bicyclic) bond motifs is 1. The highest BCUT2D eigenvalue weighted by Gasteiger charge is 2.10. The number of pyridine rings is 1. The van der Waals surface area contributed by atoms with Gasteiger partial charge in [0.05, 0.1) is 12.1 Å². The number of carbonyl (C=O) groups is 1. The minimum atomic E-state index is -0.147. The van der Waals surface area contributed by atoms with Crippen LogP contribution < -0.4 is 5.32 Å². The van der Waals surface area contributed by atoms with Gasteiger partial charge in [-0.25, -0.2) is 0 Å². The first kappa shape index (κ1) is 14.2. The lowest BCUT2D eigenvalue weighted by Crippen LogP contribution is -2.23. The Hall–Kier alpha value is -2.72. The zero-order chi connectivity index (χ0) is 15.4. The summed E-state index contributed by atoms with van der Waals surface area (Å²) in [5.41, 5.74) is 3.14. The molecule has 3 aromatic rings.